The van der Waals surface area contributed by atoms with E-state index in [-0.39, 0.29) is 0 Å². The maximum absolute atomic E-state index is 6.57. The molecule has 13 rings (SSSR count). The molecule has 12 aromatic rings. The molecule has 1 aliphatic rings. The molecule has 10 aromatic carbocycles. The molecular weight excluding hydrogens is 789 g/mol. The number of hydrogen-bond acceptors (Lipinski definition) is 2. The fourth-order valence-electron chi connectivity index (χ4n) is 10.5. The van der Waals surface area contributed by atoms with E-state index in [1.165, 1.54) is 66.1 Å². The number of para-hydroxylation sites is 5. The molecule has 0 saturated carbocycles. The maximum atomic E-state index is 6.57. The second-order valence-electron chi connectivity index (χ2n) is 17.1. The van der Waals surface area contributed by atoms with Gasteiger partial charge in [0.15, 0.2) is 0 Å². The fourth-order valence-corrected chi connectivity index (χ4v) is 10.5. The van der Waals surface area contributed by atoms with Crippen LogP contribution in [0.15, 0.2) is 229 Å². The smallest absolute Gasteiger partial charge is 0.143 e. The molecule has 1 aliphatic carbocycles. The Morgan fingerprint density at radius 3 is 2.03 bits per heavy atom. The summed E-state index contributed by atoms with van der Waals surface area (Å²) >= 11 is 0. The lowest BCUT2D eigenvalue weighted by atomic mass is 9.95. The average molecular weight is 831 g/mol. The molecule has 3 heteroatoms. The van der Waals surface area contributed by atoms with E-state index in [9.17, 15) is 0 Å². The predicted molar refractivity (Wildman–Crippen MR) is 274 cm³/mol. The van der Waals surface area contributed by atoms with Crippen LogP contribution in [0.2, 0.25) is 0 Å². The quantitative estimate of drug-likeness (QED) is 0.149. The fraction of sp³-hybridized carbons (Fsp3) is 0.0323. The molecule has 0 amide bonds. The summed E-state index contributed by atoms with van der Waals surface area (Å²) in [6.45, 7) is 0. The third kappa shape index (κ3) is 6.12. The van der Waals surface area contributed by atoms with Crippen LogP contribution < -0.4 is 4.90 Å². The van der Waals surface area contributed by atoms with Gasteiger partial charge < -0.3 is 13.9 Å². The maximum Gasteiger partial charge on any atom is 0.143 e. The van der Waals surface area contributed by atoms with E-state index in [4.69, 9.17) is 4.42 Å². The molecule has 2 heterocycles. The summed E-state index contributed by atoms with van der Waals surface area (Å²) in [4.78, 5) is 2.42. The molecule has 3 nitrogen and oxygen atoms in total. The standard InChI is InChI=1S/C62H42N2O/c1-2-18-48-41(15-1)31-32-44-39-45(35-38-49(44)48)51-20-4-8-26-57(51)63(47-17-13-16-43(40-47)52-24-14-25-56-55-23-7-12-30-61(55)65-62(52)56)46-36-33-42(34-37-46)50-19-3-9-27-58(50)64-59-28-10-5-21-53(59)54-22-6-11-29-60(54)64/h1-10,12-28,30-40H,11,29H2. The van der Waals surface area contributed by atoms with Crippen LogP contribution >= 0.6 is 0 Å². The Morgan fingerprint density at radius 1 is 0.431 bits per heavy atom. The molecule has 0 saturated heterocycles. The second kappa shape index (κ2) is 15.1. The number of allylic oxidation sites excluding steroid dienone is 1. The molecule has 0 bridgehead atoms. The van der Waals surface area contributed by atoms with E-state index in [1.807, 2.05) is 6.07 Å². The molecule has 0 N–H and O–H groups in total. The Kier molecular flexibility index (Phi) is 8.67. The van der Waals surface area contributed by atoms with Gasteiger partial charge in [-0.05, 0) is 106 Å². The first-order valence-electron chi connectivity index (χ1n) is 22.6. The second-order valence-corrected chi connectivity index (χ2v) is 17.1. The Balaban J connectivity index is 0.973. The molecule has 0 fully saturated rings. The zero-order valence-electron chi connectivity index (χ0n) is 35.7. The van der Waals surface area contributed by atoms with Crippen LogP contribution in [0.3, 0.4) is 0 Å². The Morgan fingerprint density at radius 2 is 1.11 bits per heavy atom. The first-order chi connectivity index (χ1) is 32.2. The highest BCUT2D eigenvalue weighted by atomic mass is 16.3. The summed E-state index contributed by atoms with van der Waals surface area (Å²) < 4.78 is 9.07. The monoisotopic (exact) mass is 830 g/mol. The molecule has 65 heavy (non-hydrogen) atoms. The third-order valence-corrected chi connectivity index (χ3v) is 13.5. The number of aromatic nitrogens is 1. The minimum absolute atomic E-state index is 0.897. The molecule has 0 atom stereocenters. The summed E-state index contributed by atoms with van der Waals surface area (Å²) in [6.07, 6.45) is 6.68. The highest BCUT2D eigenvalue weighted by Crippen LogP contribution is 2.45. The SMILES string of the molecule is C1=Cc2c(n(-c3ccccc3-c3ccc(N(c4cccc(-c5cccc6c5oc5ccccc56)c4)c4ccccc4-c4ccc5c(ccc6ccccc65)c4)cc3)c3ccccc23)CC1. The Labute approximate surface area is 377 Å². The summed E-state index contributed by atoms with van der Waals surface area (Å²) in [5, 5.41) is 8.55. The van der Waals surface area contributed by atoms with Gasteiger partial charge in [-0.3, -0.25) is 0 Å². The van der Waals surface area contributed by atoms with Crippen LogP contribution in [-0.4, -0.2) is 4.57 Å². The van der Waals surface area contributed by atoms with E-state index in [2.05, 4.69) is 234 Å². The van der Waals surface area contributed by atoms with Crippen LogP contribution in [0.1, 0.15) is 17.7 Å². The van der Waals surface area contributed by atoms with Gasteiger partial charge in [-0.1, -0.05) is 176 Å². The predicted octanol–water partition coefficient (Wildman–Crippen LogP) is 17.3. The minimum Gasteiger partial charge on any atom is -0.455 e. The number of rotatable bonds is 7. The van der Waals surface area contributed by atoms with Crippen molar-refractivity contribution in [3.05, 3.63) is 236 Å². The van der Waals surface area contributed by atoms with Crippen molar-refractivity contribution in [3.63, 3.8) is 0 Å². The van der Waals surface area contributed by atoms with E-state index in [0.29, 0.717) is 0 Å². The number of benzene rings is 10. The first-order valence-corrected chi connectivity index (χ1v) is 22.6. The lowest BCUT2D eigenvalue weighted by Crippen LogP contribution is -2.11. The number of fused-ring (bicyclic) bond motifs is 9. The first kappa shape index (κ1) is 37.2. The molecule has 306 valence electrons. The van der Waals surface area contributed by atoms with Crippen molar-refractivity contribution in [2.24, 2.45) is 0 Å². The number of hydrogen-bond donors (Lipinski definition) is 0. The van der Waals surface area contributed by atoms with Crippen molar-refractivity contribution < 1.29 is 4.42 Å². The highest BCUT2D eigenvalue weighted by molar-refractivity contribution is 6.10. The lowest BCUT2D eigenvalue weighted by Gasteiger charge is -2.28. The van der Waals surface area contributed by atoms with Crippen LogP contribution in [0, 0.1) is 0 Å². The van der Waals surface area contributed by atoms with Gasteiger partial charge in [0.1, 0.15) is 11.2 Å². The summed E-state index contributed by atoms with van der Waals surface area (Å²) in [7, 11) is 0. The highest BCUT2D eigenvalue weighted by Gasteiger charge is 2.22. The van der Waals surface area contributed by atoms with Crippen molar-refractivity contribution in [1.29, 1.82) is 0 Å². The Bertz CT molecular complexity index is 3850. The molecule has 0 spiro atoms. The van der Waals surface area contributed by atoms with Gasteiger partial charge >= 0.3 is 0 Å². The van der Waals surface area contributed by atoms with Crippen molar-refractivity contribution in [2.45, 2.75) is 12.8 Å². The van der Waals surface area contributed by atoms with Gasteiger partial charge in [-0.2, -0.15) is 0 Å². The number of nitrogens with zero attached hydrogens (tertiary/aromatic N) is 2. The summed E-state index contributed by atoms with van der Waals surface area (Å²) in [5.41, 5.74) is 17.0. The Hall–Kier alpha value is -8.40. The van der Waals surface area contributed by atoms with Crippen LogP contribution in [-0.2, 0) is 6.42 Å². The topological polar surface area (TPSA) is 21.3 Å². The van der Waals surface area contributed by atoms with Crippen molar-refractivity contribution >= 4 is 77.5 Å². The number of anilines is 3. The van der Waals surface area contributed by atoms with Gasteiger partial charge in [0.2, 0.25) is 0 Å². The van der Waals surface area contributed by atoms with Gasteiger partial charge in [0, 0.05) is 55.5 Å². The van der Waals surface area contributed by atoms with Crippen molar-refractivity contribution in [3.8, 4) is 39.1 Å². The van der Waals surface area contributed by atoms with Crippen LogP contribution in [0.5, 0.6) is 0 Å². The third-order valence-electron chi connectivity index (χ3n) is 13.5. The van der Waals surface area contributed by atoms with Gasteiger partial charge in [0.25, 0.3) is 0 Å². The van der Waals surface area contributed by atoms with Crippen LogP contribution in [0.25, 0.3) is 99.5 Å². The number of furan rings is 1. The molecule has 0 unspecified atom stereocenters. The largest absolute Gasteiger partial charge is 0.455 e. The van der Waals surface area contributed by atoms with Gasteiger partial charge in [-0.25, -0.2) is 0 Å². The van der Waals surface area contributed by atoms with Gasteiger partial charge in [0.05, 0.1) is 16.9 Å². The average Bonchev–Trinajstić information content (AvgIpc) is 3.93. The van der Waals surface area contributed by atoms with E-state index < -0.39 is 0 Å². The normalized spacial score (nSPS) is 12.4. The van der Waals surface area contributed by atoms with Crippen LogP contribution in [0.4, 0.5) is 17.1 Å². The lowest BCUT2D eigenvalue weighted by molar-refractivity contribution is 0.670. The van der Waals surface area contributed by atoms with E-state index >= 15 is 0 Å². The zero-order valence-corrected chi connectivity index (χ0v) is 35.7. The van der Waals surface area contributed by atoms with Gasteiger partial charge in [-0.15, -0.1) is 0 Å². The summed E-state index contributed by atoms with van der Waals surface area (Å²) in [5.74, 6) is 0. The van der Waals surface area contributed by atoms with E-state index in [1.54, 1.807) is 0 Å². The minimum atomic E-state index is 0.897. The molecule has 0 aliphatic heterocycles. The van der Waals surface area contributed by atoms with Crippen molar-refractivity contribution in [2.75, 3.05) is 4.90 Å². The summed E-state index contributed by atoms with van der Waals surface area (Å²) in [6, 6.07) is 79.4. The molecular formula is C62H42N2O. The zero-order chi connectivity index (χ0) is 42.8. The van der Waals surface area contributed by atoms with Crippen molar-refractivity contribution in [1.82, 2.24) is 4.57 Å². The molecule has 0 radical (unpaired) electrons. The van der Waals surface area contributed by atoms with E-state index in [0.717, 1.165) is 68.5 Å². The molecule has 2 aromatic heterocycles.